The van der Waals surface area contributed by atoms with Crippen molar-refractivity contribution in [3.05, 3.63) is 83.9 Å². The Kier molecular flexibility index (Phi) is 17.6. The van der Waals surface area contributed by atoms with Crippen molar-refractivity contribution in [1.29, 1.82) is 0 Å². The molecule has 0 spiro atoms. The minimum atomic E-state index is -4.42. The summed E-state index contributed by atoms with van der Waals surface area (Å²) >= 11 is 0. The standard InChI is InChI=1S/2C18H24O3S.Ca/c2*1-2-3-4-5-6-7-9-15-12-13-17-16(14-15)10-8-11-18(17)22(19,20)21;/h2*8,10-14H,2-7,9H2,1H3,(H,19,20,21);/q;;+2/p-2. The van der Waals surface area contributed by atoms with Crippen LogP contribution in [0.2, 0.25) is 0 Å². The zero-order valence-corrected chi connectivity index (χ0v) is 30.6. The predicted octanol–water partition coefficient (Wildman–Crippen LogP) is 8.91. The molecule has 4 rings (SSSR count). The van der Waals surface area contributed by atoms with Crippen molar-refractivity contribution in [1.82, 2.24) is 0 Å². The predicted molar refractivity (Wildman–Crippen MR) is 184 cm³/mol. The Morgan fingerprint density at radius 2 is 0.844 bits per heavy atom. The summed E-state index contributed by atoms with van der Waals surface area (Å²) in [6, 6.07) is 21.1. The smallest absolute Gasteiger partial charge is 0.744 e. The van der Waals surface area contributed by atoms with Gasteiger partial charge in [0.05, 0.1) is 9.79 Å². The number of rotatable bonds is 16. The molecule has 0 aliphatic carbocycles. The first kappa shape index (κ1) is 39.7. The molecule has 6 nitrogen and oxygen atoms in total. The Bertz CT molecular complexity index is 1570. The van der Waals surface area contributed by atoms with Crippen LogP contribution in [-0.2, 0) is 33.1 Å². The van der Waals surface area contributed by atoms with Gasteiger partial charge in [-0.2, -0.15) is 0 Å². The summed E-state index contributed by atoms with van der Waals surface area (Å²) in [6.45, 7) is 4.43. The minimum absolute atomic E-state index is 0. The van der Waals surface area contributed by atoms with E-state index in [1.54, 1.807) is 24.3 Å². The Morgan fingerprint density at radius 3 is 1.20 bits per heavy atom. The molecule has 9 heteroatoms. The Morgan fingerprint density at radius 1 is 0.489 bits per heavy atom. The summed E-state index contributed by atoms with van der Waals surface area (Å²) < 4.78 is 67.6. The van der Waals surface area contributed by atoms with Crippen molar-refractivity contribution in [3.63, 3.8) is 0 Å². The van der Waals surface area contributed by atoms with E-state index in [9.17, 15) is 25.9 Å². The third-order valence-electron chi connectivity index (χ3n) is 7.99. The first-order chi connectivity index (χ1) is 21.0. The van der Waals surface area contributed by atoms with Crippen molar-refractivity contribution in [2.24, 2.45) is 0 Å². The monoisotopic (exact) mass is 678 g/mol. The van der Waals surface area contributed by atoms with Gasteiger partial charge in [0.1, 0.15) is 20.2 Å². The van der Waals surface area contributed by atoms with Crippen molar-refractivity contribution < 1.29 is 25.9 Å². The van der Waals surface area contributed by atoms with Crippen LogP contribution in [0.3, 0.4) is 0 Å². The third-order valence-corrected chi connectivity index (χ3v) is 9.78. The van der Waals surface area contributed by atoms with Gasteiger partial charge in [0.2, 0.25) is 0 Å². The van der Waals surface area contributed by atoms with Crippen LogP contribution in [0.5, 0.6) is 0 Å². The van der Waals surface area contributed by atoms with Crippen LogP contribution in [0.15, 0.2) is 82.6 Å². The molecule has 4 aromatic rings. The average molecular weight is 679 g/mol. The fourth-order valence-corrected chi connectivity index (χ4v) is 6.97. The molecule has 0 aliphatic heterocycles. The van der Waals surface area contributed by atoms with Crippen LogP contribution in [0.25, 0.3) is 21.5 Å². The first-order valence-electron chi connectivity index (χ1n) is 16.0. The number of fused-ring (bicyclic) bond motifs is 2. The number of hydrogen-bond donors (Lipinski definition) is 0. The molecule has 0 aliphatic rings. The quantitative estimate of drug-likeness (QED) is 0.0664. The van der Waals surface area contributed by atoms with Crippen molar-refractivity contribution in [2.75, 3.05) is 0 Å². The summed E-state index contributed by atoms with van der Waals surface area (Å²) in [6.07, 6.45) is 17.0. The van der Waals surface area contributed by atoms with E-state index < -0.39 is 20.2 Å². The molecule has 0 amide bonds. The van der Waals surface area contributed by atoms with E-state index in [4.69, 9.17) is 0 Å². The summed E-state index contributed by atoms with van der Waals surface area (Å²) in [5.74, 6) is 0. The van der Waals surface area contributed by atoms with E-state index in [0.29, 0.717) is 10.8 Å². The molecule has 0 bridgehead atoms. The largest absolute Gasteiger partial charge is 2.00 e. The van der Waals surface area contributed by atoms with Crippen LogP contribution in [0.1, 0.15) is 102 Å². The molecule has 4 aromatic carbocycles. The Hall–Kier alpha value is -1.52. The maximum absolute atomic E-state index is 11.3. The second-order valence-corrected chi connectivity index (χ2v) is 14.3. The zero-order valence-electron chi connectivity index (χ0n) is 26.8. The van der Waals surface area contributed by atoms with Gasteiger partial charge in [-0.15, -0.1) is 0 Å². The van der Waals surface area contributed by atoms with Gasteiger partial charge in [0, 0.05) is 0 Å². The molecular formula is C36H46CaO6S2. The summed E-state index contributed by atoms with van der Waals surface area (Å²) in [5, 5.41) is 2.68. The van der Waals surface area contributed by atoms with Crippen molar-refractivity contribution >= 4 is 79.5 Å². The Labute approximate surface area is 300 Å². The van der Waals surface area contributed by atoms with Gasteiger partial charge in [-0.25, -0.2) is 16.8 Å². The number of aryl methyl sites for hydroxylation is 2. The molecule has 0 unspecified atom stereocenters. The Balaban J connectivity index is 0.000000307. The molecule has 0 heterocycles. The van der Waals surface area contributed by atoms with Crippen LogP contribution < -0.4 is 0 Å². The normalized spacial score (nSPS) is 11.6. The van der Waals surface area contributed by atoms with E-state index in [2.05, 4.69) is 13.8 Å². The van der Waals surface area contributed by atoms with Crippen LogP contribution in [0.4, 0.5) is 0 Å². The molecule has 0 saturated heterocycles. The molecule has 0 saturated carbocycles. The van der Waals surface area contributed by atoms with Gasteiger partial charge in [-0.3, -0.25) is 0 Å². The van der Waals surface area contributed by atoms with Crippen LogP contribution >= 0.6 is 0 Å². The van der Waals surface area contributed by atoms with Gasteiger partial charge in [0.25, 0.3) is 0 Å². The van der Waals surface area contributed by atoms with Crippen molar-refractivity contribution in [2.45, 2.75) is 114 Å². The number of hydrogen-bond acceptors (Lipinski definition) is 6. The molecule has 45 heavy (non-hydrogen) atoms. The van der Waals surface area contributed by atoms with Gasteiger partial charge in [-0.05, 0) is 70.5 Å². The van der Waals surface area contributed by atoms with Crippen LogP contribution in [0, 0.1) is 0 Å². The molecular weight excluding hydrogens is 633 g/mol. The SMILES string of the molecule is CCCCCCCCc1ccc2c(S(=O)(=O)[O-])cccc2c1.CCCCCCCCc1ccc2c(S(=O)(=O)[O-])cccc2c1.[Ca+2]. The zero-order chi connectivity index (χ0) is 32.0. The van der Waals surface area contributed by atoms with E-state index in [1.807, 2.05) is 36.4 Å². The van der Waals surface area contributed by atoms with Crippen LogP contribution in [-0.4, -0.2) is 63.7 Å². The molecule has 0 atom stereocenters. The number of unbranched alkanes of at least 4 members (excludes halogenated alkanes) is 10. The van der Waals surface area contributed by atoms with Gasteiger partial charge in [0.15, 0.2) is 0 Å². The average Bonchev–Trinajstić information content (AvgIpc) is 2.99. The first-order valence-corrected chi connectivity index (χ1v) is 18.8. The fourth-order valence-electron chi connectivity index (χ4n) is 5.57. The van der Waals surface area contributed by atoms with E-state index in [-0.39, 0.29) is 47.5 Å². The molecule has 0 fully saturated rings. The second-order valence-electron chi connectivity index (χ2n) is 11.6. The second kappa shape index (κ2) is 20.0. The maximum atomic E-state index is 11.3. The minimum Gasteiger partial charge on any atom is -0.744 e. The summed E-state index contributed by atoms with van der Waals surface area (Å²) in [7, 11) is -8.84. The molecule has 240 valence electrons. The van der Waals surface area contributed by atoms with E-state index >= 15 is 0 Å². The summed E-state index contributed by atoms with van der Waals surface area (Å²) in [5.41, 5.74) is 2.40. The molecule has 0 radical (unpaired) electrons. The van der Waals surface area contributed by atoms with Gasteiger partial charge < -0.3 is 9.11 Å². The van der Waals surface area contributed by atoms with E-state index in [0.717, 1.165) is 36.5 Å². The fraction of sp³-hybridized carbons (Fsp3) is 0.444. The third kappa shape index (κ3) is 13.3. The molecule has 0 aromatic heterocycles. The van der Waals surface area contributed by atoms with E-state index in [1.165, 1.54) is 87.5 Å². The summed E-state index contributed by atoms with van der Waals surface area (Å²) in [4.78, 5) is -0.257. The van der Waals surface area contributed by atoms with Gasteiger partial charge in [-0.1, -0.05) is 139 Å². The van der Waals surface area contributed by atoms with Crippen molar-refractivity contribution in [3.8, 4) is 0 Å². The maximum Gasteiger partial charge on any atom is 2.00 e. The van der Waals surface area contributed by atoms with Gasteiger partial charge >= 0.3 is 37.7 Å². The molecule has 0 N–H and O–H groups in total. The number of benzene rings is 4. The topological polar surface area (TPSA) is 114 Å².